The quantitative estimate of drug-likeness (QED) is 0.921. The number of carbonyl (C=O) groups is 1. The van der Waals surface area contributed by atoms with Gasteiger partial charge in [-0.2, -0.15) is 10.1 Å². The van der Waals surface area contributed by atoms with Gasteiger partial charge in [0, 0.05) is 17.0 Å². The second kappa shape index (κ2) is 5.51. The van der Waals surface area contributed by atoms with Crippen LogP contribution in [0.25, 0.3) is 5.95 Å². The summed E-state index contributed by atoms with van der Waals surface area (Å²) in [7, 11) is 0. The Morgan fingerprint density at radius 3 is 2.29 bits per heavy atom. The first-order valence-electron chi connectivity index (χ1n) is 6.54. The topological polar surface area (TPSA) is 90.1 Å². The molecule has 0 saturated heterocycles. The first kappa shape index (κ1) is 15.0. The summed E-state index contributed by atoms with van der Waals surface area (Å²) in [5.41, 5.74) is 4.37. The van der Waals surface area contributed by atoms with Gasteiger partial charge in [0.2, 0.25) is 5.88 Å². The molecule has 0 fully saturated rings. The molecule has 0 aliphatic heterocycles. The Labute approximate surface area is 122 Å². The number of ether oxygens (including phenoxy) is 1. The second-order valence-corrected chi connectivity index (χ2v) is 4.93. The first-order valence-corrected chi connectivity index (χ1v) is 6.54. The molecule has 21 heavy (non-hydrogen) atoms. The standard InChI is InChI=1S/C14H18N4O3/c1-7-10(4)17-18(11(7)5)14-15-9(3)8(2)13(16-14)21-6-12(19)20/h6H2,1-5H3,(H,19,20). The van der Waals surface area contributed by atoms with E-state index in [1.165, 1.54) is 0 Å². The van der Waals surface area contributed by atoms with Gasteiger partial charge in [0.25, 0.3) is 5.95 Å². The lowest BCUT2D eigenvalue weighted by atomic mass is 10.2. The number of aliphatic carboxylic acids is 1. The average molecular weight is 290 g/mol. The maximum Gasteiger partial charge on any atom is 0.341 e. The zero-order valence-electron chi connectivity index (χ0n) is 12.8. The highest BCUT2D eigenvalue weighted by molar-refractivity contribution is 5.68. The van der Waals surface area contributed by atoms with Gasteiger partial charge >= 0.3 is 5.97 Å². The molecule has 0 atom stereocenters. The highest BCUT2D eigenvalue weighted by Gasteiger charge is 2.16. The van der Waals surface area contributed by atoms with Gasteiger partial charge in [0.1, 0.15) is 0 Å². The van der Waals surface area contributed by atoms with Crippen molar-refractivity contribution in [2.45, 2.75) is 34.6 Å². The monoisotopic (exact) mass is 290 g/mol. The molecule has 0 radical (unpaired) electrons. The minimum atomic E-state index is -1.05. The Hall–Kier alpha value is -2.44. The van der Waals surface area contributed by atoms with Crippen molar-refractivity contribution < 1.29 is 14.6 Å². The molecule has 0 aliphatic carbocycles. The molecule has 7 nitrogen and oxygen atoms in total. The van der Waals surface area contributed by atoms with Crippen molar-refractivity contribution in [1.82, 2.24) is 19.7 Å². The van der Waals surface area contributed by atoms with Gasteiger partial charge < -0.3 is 9.84 Å². The Morgan fingerprint density at radius 2 is 1.76 bits per heavy atom. The predicted octanol–water partition coefficient (Wildman–Crippen LogP) is 1.67. The summed E-state index contributed by atoms with van der Waals surface area (Å²) in [4.78, 5) is 19.3. The third kappa shape index (κ3) is 2.86. The van der Waals surface area contributed by atoms with Crippen LogP contribution in [0.2, 0.25) is 0 Å². The Bertz CT molecular complexity index is 707. The Morgan fingerprint density at radius 1 is 1.10 bits per heavy atom. The molecule has 0 amide bonds. The fourth-order valence-electron chi connectivity index (χ4n) is 1.87. The highest BCUT2D eigenvalue weighted by Crippen LogP contribution is 2.21. The van der Waals surface area contributed by atoms with E-state index in [0.717, 1.165) is 28.2 Å². The molecule has 2 aromatic heterocycles. The van der Waals surface area contributed by atoms with E-state index in [4.69, 9.17) is 9.84 Å². The lowest BCUT2D eigenvalue weighted by molar-refractivity contribution is -0.139. The summed E-state index contributed by atoms with van der Waals surface area (Å²) < 4.78 is 6.87. The third-order valence-corrected chi connectivity index (χ3v) is 3.51. The summed E-state index contributed by atoms with van der Waals surface area (Å²) in [5, 5.41) is 13.1. The van der Waals surface area contributed by atoms with Crippen LogP contribution in [0.5, 0.6) is 5.88 Å². The molecule has 1 N–H and O–H groups in total. The molecule has 0 bridgehead atoms. The van der Waals surface area contributed by atoms with Crippen LogP contribution in [0.4, 0.5) is 0 Å². The number of aryl methyl sites for hydroxylation is 2. The summed E-state index contributed by atoms with van der Waals surface area (Å²) >= 11 is 0. The molecule has 0 unspecified atom stereocenters. The van der Waals surface area contributed by atoms with Gasteiger partial charge in [0.15, 0.2) is 6.61 Å². The van der Waals surface area contributed by atoms with E-state index in [9.17, 15) is 4.79 Å². The maximum absolute atomic E-state index is 10.6. The lowest BCUT2D eigenvalue weighted by Crippen LogP contribution is -2.14. The van der Waals surface area contributed by atoms with E-state index in [1.807, 2.05) is 27.7 Å². The normalized spacial score (nSPS) is 10.7. The molecule has 112 valence electrons. The molecule has 2 aromatic rings. The van der Waals surface area contributed by atoms with Crippen molar-refractivity contribution in [1.29, 1.82) is 0 Å². The van der Waals surface area contributed by atoms with Crippen LogP contribution in [-0.2, 0) is 4.79 Å². The minimum absolute atomic E-state index is 0.269. The summed E-state index contributed by atoms with van der Waals surface area (Å²) in [5.74, 6) is -0.397. The van der Waals surface area contributed by atoms with E-state index in [0.29, 0.717) is 5.95 Å². The summed E-state index contributed by atoms with van der Waals surface area (Å²) in [6.45, 7) is 9.02. The minimum Gasteiger partial charge on any atom is -0.479 e. The number of carboxylic acids is 1. The van der Waals surface area contributed by atoms with Crippen LogP contribution in [-0.4, -0.2) is 37.4 Å². The average Bonchev–Trinajstić information content (AvgIpc) is 2.68. The Kier molecular flexibility index (Phi) is 3.93. The molecule has 0 saturated carbocycles. The van der Waals surface area contributed by atoms with Crippen LogP contribution in [0.3, 0.4) is 0 Å². The molecule has 2 rings (SSSR count). The van der Waals surface area contributed by atoms with Gasteiger partial charge in [-0.05, 0) is 40.2 Å². The largest absolute Gasteiger partial charge is 0.479 e. The number of rotatable bonds is 4. The molecule has 2 heterocycles. The molecule has 0 aliphatic rings. The number of carboxylic acid groups (broad SMARTS) is 1. The molecule has 7 heteroatoms. The smallest absolute Gasteiger partial charge is 0.341 e. The Balaban J connectivity index is 2.49. The van der Waals surface area contributed by atoms with Crippen LogP contribution < -0.4 is 4.74 Å². The van der Waals surface area contributed by atoms with E-state index in [2.05, 4.69) is 15.1 Å². The number of hydrogen-bond donors (Lipinski definition) is 1. The van der Waals surface area contributed by atoms with Gasteiger partial charge in [-0.25, -0.2) is 14.5 Å². The highest BCUT2D eigenvalue weighted by atomic mass is 16.5. The van der Waals surface area contributed by atoms with Crippen molar-refractivity contribution in [2.24, 2.45) is 0 Å². The van der Waals surface area contributed by atoms with E-state index < -0.39 is 12.6 Å². The number of aromatic nitrogens is 4. The van der Waals surface area contributed by atoms with Crippen molar-refractivity contribution >= 4 is 5.97 Å². The number of nitrogens with zero attached hydrogens (tertiary/aromatic N) is 4. The van der Waals surface area contributed by atoms with Crippen molar-refractivity contribution in [2.75, 3.05) is 6.61 Å². The SMILES string of the molecule is Cc1nc(-n2nc(C)c(C)c2C)nc(OCC(=O)O)c1C. The van der Waals surface area contributed by atoms with E-state index in [1.54, 1.807) is 11.6 Å². The number of hydrogen-bond acceptors (Lipinski definition) is 5. The fourth-order valence-corrected chi connectivity index (χ4v) is 1.87. The van der Waals surface area contributed by atoms with Crippen LogP contribution >= 0.6 is 0 Å². The third-order valence-electron chi connectivity index (χ3n) is 3.51. The van der Waals surface area contributed by atoms with E-state index >= 15 is 0 Å². The molecular weight excluding hydrogens is 272 g/mol. The van der Waals surface area contributed by atoms with E-state index in [-0.39, 0.29) is 5.88 Å². The van der Waals surface area contributed by atoms with Gasteiger partial charge in [-0.3, -0.25) is 0 Å². The van der Waals surface area contributed by atoms with Crippen molar-refractivity contribution in [3.63, 3.8) is 0 Å². The van der Waals surface area contributed by atoms with Gasteiger partial charge in [-0.1, -0.05) is 0 Å². The van der Waals surface area contributed by atoms with Crippen molar-refractivity contribution in [3.8, 4) is 11.8 Å². The molecular formula is C14H18N4O3. The summed E-state index contributed by atoms with van der Waals surface area (Å²) in [6, 6.07) is 0. The van der Waals surface area contributed by atoms with Gasteiger partial charge in [0.05, 0.1) is 5.69 Å². The zero-order chi connectivity index (χ0) is 15.7. The lowest BCUT2D eigenvalue weighted by Gasteiger charge is -2.11. The maximum atomic E-state index is 10.6. The van der Waals surface area contributed by atoms with Gasteiger partial charge in [-0.15, -0.1) is 0 Å². The molecule has 0 spiro atoms. The van der Waals surface area contributed by atoms with Crippen molar-refractivity contribution in [3.05, 3.63) is 28.2 Å². The van der Waals surface area contributed by atoms with Crippen LogP contribution in [0.1, 0.15) is 28.2 Å². The molecule has 0 aromatic carbocycles. The fraction of sp³-hybridized carbons (Fsp3) is 0.429. The van der Waals surface area contributed by atoms with Crippen LogP contribution in [0.15, 0.2) is 0 Å². The van der Waals surface area contributed by atoms with Crippen LogP contribution in [0, 0.1) is 34.6 Å². The second-order valence-electron chi connectivity index (χ2n) is 4.93. The summed E-state index contributed by atoms with van der Waals surface area (Å²) in [6.07, 6.45) is 0. The predicted molar refractivity (Wildman–Crippen MR) is 76.0 cm³/mol. The first-order chi connectivity index (χ1) is 9.81. The zero-order valence-corrected chi connectivity index (χ0v) is 12.8.